The van der Waals surface area contributed by atoms with Gasteiger partial charge in [-0.1, -0.05) is 46.3 Å². The number of hydrogen-bond donors (Lipinski definition) is 0. The average Bonchev–Trinajstić information content (AvgIpc) is 2.78. The minimum Gasteiger partial charge on any atom is -0.383 e. The normalized spacial score (nSPS) is 26.8. The number of ether oxygens (including phenoxy) is 1. The number of rotatable bonds is 2. The fourth-order valence-electron chi connectivity index (χ4n) is 2.72. The predicted octanol–water partition coefficient (Wildman–Crippen LogP) is 3.87. The van der Waals surface area contributed by atoms with Crippen LogP contribution in [0.1, 0.15) is 53.4 Å². The maximum Gasteiger partial charge on any atom is 0.0649 e. The summed E-state index contributed by atoms with van der Waals surface area (Å²) in [5.74, 6) is 0. The van der Waals surface area contributed by atoms with Gasteiger partial charge in [0.05, 0.1) is 6.61 Å². The standard InChI is InChI=1S/C10H17NO.C3H8.C2H6/c1-9-6-10(8-12-2)4-3-5-11(10)7-9;1-3-2;1-2/h1,3-8H2,2H3;3H2,1-2H3;1-2H3. The Morgan fingerprint density at radius 1 is 1.35 bits per heavy atom. The molecule has 2 aliphatic heterocycles. The molecule has 17 heavy (non-hydrogen) atoms. The van der Waals surface area contributed by atoms with Crippen molar-refractivity contribution in [1.82, 2.24) is 4.90 Å². The second-order valence-electron chi connectivity index (χ2n) is 4.82. The van der Waals surface area contributed by atoms with E-state index in [2.05, 4.69) is 25.3 Å². The second-order valence-corrected chi connectivity index (χ2v) is 4.82. The van der Waals surface area contributed by atoms with Gasteiger partial charge < -0.3 is 4.74 Å². The molecule has 2 heterocycles. The van der Waals surface area contributed by atoms with Crippen LogP contribution in [0.15, 0.2) is 12.2 Å². The molecule has 2 fully saturated rings. The van der Waals surface area contributed by atoms with Gasteiger partial charge in [-0.25, -0.2) is 0 Å². The third-order valence-corrected chi connectivity index (χ3v) is 3.15. The summed E-state index contributed by atoms with van der Waals surface area (Å²) in [6, 6.07) is 0. The van der Waals surface area contributed by atoms with Crippen molar-refractivity contribution in [3.8, 4) is 0 Å². The fraction of sp³-hybridized carbons (Fsp3) is 0.867. The third kappa shape index (κ3) is 4.44. The fourth-order valence-corrected chi connectivity index (χ4v) is 2.72. The van der Waals surface area contributed by atoms with E-state index in [-0.39, 0.29) is 0 Å². The van der Waals surface area contributed by atoms with Crippen molar-refractivity contribution >= 4 is 0 Å². The summed E-state index contributed by atoms with van der Waals surface area (Å²) < 4.78 is 5.30. The van der Waals surface area contributed by atoms with Crippen LogP contribution in [-0.4, -0.2) is 37.2 Å². The summed E-state index contributed by atoms with van der Waals surface area (Å²) in [5, 5.41) is 0. The molecule has 0 aromatic heterocycles. The summed E-state index contributed by atoms with van der Waals surface area (Å²) in [6.07, 6.45) is 5.03. The predicted molar refractivity (Wildman–Crippen MR) is 76.5 cm³/mol. The summed E-state index contributed by atoms with van der Waals surface area (Å²) in [4.78, 5) is 2.54. The summed E-state index contributed by atoms with van der Waals surface area (Å²) >= 11 is 0. The molecule has 0 aliphatic carbocycles. The lowest BCUT2D eigenvalue weighted by Crippen LogP contribution is -2.42. The van der Waals surface area contributed by atoms with Crippen LogP contribution in [0, 0.1) is 0 Å². The number of nitrogens with zero attached hydrogens (tertiary/aromatic N) is 1. The van der Waals surface area contributed by atoms with Crippen molar-refractivity contribution < 1.29 is 4.74 Å². The van der Waals surface area contributed by atoms with Gasteiger partial charge in [0.2, 0.25) is 0 Å². The van der Waals surface area contributed by atoms with E-state index in [1.54, 1.807) is 7.11 Å². The van der Waals surface area contributed by atoms with E-state index in [0.717, 1.165) is 19.6 Å². The Kier molecular flexibility index (Phi) is 8.53. The molecule has 1 unspecified atom stereocenters. The lowest BCUT2D eigenvalue weighted by Gasteiger charge is -2.30. The van der Waals surface area contributed by atoms with Crippen molar-refractivity contribution in [2.75, 3.05) is 26.8 Å². The van der Waals surface area contributed by atoms with Gasteiger partial charge in [-0.05, 0) is 25.8 Å². The molecule has 2 rings (SSSR count). The van der Waals surface area contributed by atoms with Crippen LogP contribution in [0.3, 0.4) is 0 Å². The van der Waals surface area contributed by atoms with E-state index in [1.165, 1.54) is 31.4 Å². The first-order valence-electron chi connectivity index (χ1n) is 7.09. The minimum absolute atomic E-state index is 0.339. The average molecular weight is 241 g/mol. The summed E-state index contributed by atoms with van der Waals surface area (Å²) in [5.41, 5.74) is 1.72. The molecule has 2 saturated heterocycles. The Balaban J connectivity index is 0.000000450. The molecular formula is C15H31NO. The molecule has 1 atom stereocenters. The molecule has 0 aromatic carbocycles. The monoisotopic (exact) mass is 241 g/mol. The molecule has 0 spiro atoms. The highest BCUT2D eigenvalue weighted by molar-refractivity contribution is 5.17. The van der Waals surface area contributed by atoms with Crippen molar-refractivity contribution in [3.05, 3.63) is 12.2 Å². The van der Waals surface area contributed by atoms with Crippen molar-refractivity contribution in [3.63, 3.8) is 0 Å². The van der Waals surface area contributed by atoms with Gasteiger partial charge in [0.25, 0.3) is 0 Å². The molecule has 2 heteroatoms. The highest BCUT2D eigenvalue weighted by atomic mass is 16.5. The molecular weight excluding hydrogens is 210 g/mol. The van der Waals surface area contributed by atoms with E-state index in [4.69, 9.17) is 4.74 Å². The second kappa shape index (κ2) is 8.71. The van der Waals surface area contributed by atoms with Crippen LogP contribution in [0.2, 0.25) is 0 Å². The molecule has 0 saturated carbocycles. The Morgan fingerprint density at radius 3 is 2.47 bits per heavy atom. The number of hydrogen-bond acceptors (Lipinski definition) is 2. The lowest BCUT2D eigenvalue weighted by molar-refractivity contribution is 0.0656. The Morgan fingerprint density at radius 2 is 1.94 bits per heavy atom. The zero-order valence-electron chi connectivity index (χ0n) is 12.5. The number of fused-ring (bicyclic) bond motifs is 1. The quantitative estimate of drug-likeness (QED) is 0.680. The van der Waals surface area contributed by atoms with Crippen LogP contribution in [0.4, 0.5) is 0 Å². The van der Waals surface area contributed by atoms with Crippen LogP contribution in [-0.2, 0) is 4.74 Å². The SMILES string of the molecule is C=C1CN2CCCC2(COC)C1.CC.CCC. The first-order valence-corrected chi connectivity index (χ1v) is 7.09. The highest BCUT2D eigenvalue weighted by Crippen LogP contribution is 2.40. The molecule has 0 aromatic rings. The molecule has 102 valence electrons. The lowest BCUT2D eigenvalue weighted by atomic mass is 9.94. The third-order valence-electron chi connectivity index (χ3n) is 3.15. The highest BCUT2D eigenvalue weighted by Gasteiger charge is 2.45. The van der Waals surface area contributed by atoms with E-state index < -0.39 is 0 Å². The van der Waals surface area contributed by atoms with Gasteiger partial charge >= 0.3 is 0 Å². The van der Waals surface area contributed by atoms with Crippen LogP contribution in [0.5, 0.6) is 0 Å². The van der Waals surface area contributed by atoms with Gasteiger partial charge in [0.1, 0.15) is 0 Å². The van der Waals surface area contributed by atoms with Gasteiger partial charge in [-0.15, -0.1) is 0 Å². The smallest absolute Gasteiger partial charge is 0.0649 e. The Labute approximate surface area is 108 Å². The molecule has 0 bridgehead atoms. The van der Waals surface area contributed by atoms with E-state index in [1.807, 2.05) is 13.8 Å². The van der Waals surface area contributed by atoms with E-state index in [9.17, 15) is 0 Å². The van der Waals surface area contributed by atoms with Gasteiger partial charge in [0.15, 0.2) is 0 Å². The zero-order valence-corrected chi connectivity index (χ0v) is 12.5. The Hall–Kier alpha value is -0.340. The van der Waals surface area contributed by atoms with Crippen molar-refractivity contribution in [2.45, 2.75) is 58.9 Å². The maximum absolute atomic E-state index is 5.30. The molecule has 0 N–H and O–H groups in total. The van der Waals surface area contributed by atoms with Crippen LogP contribution >= 0.6 is 0 Å². The molecule has 0 amide bonds. The Bertz CT molecular complexity index is 215. The van der Waals surface area contributed by atoms with Gasteiger partial charge in [-0.3, -0.25) is 4.90 Å². The molecule has 2 nitrogen and oxygen atoms in total. The first kappa shape index (κ1) is 16.7. The largest absolute Gasteiger partial charge is 0.383 e. The zero-order chi connectivity index (χ0) is 13.3. The topological polar surface area (TPSA) is 12.5 Å². The van der Waals surface area contributed by atoms with E-state index in [0.29, 0.717) is 5.54 Å². The van der Waals surface area contributed by atoms with Gasteiger partial charge in [-0.2, -0.15) is 0 Å². The number of methoxy groups -OCH3 is 1. The minimum atomic E-state index is 0.339. The van der Waals surface area contributed by atoms with Crippen LogP contribution in [0.25, 0.3) is 0 Å². The maximum atomic E-state index is 5.30. The van der Waals surface area contributed by atoms with Crippen LogP contribution < -0.4 is 0 Å². The van der Waals surface area contributed by atoms with E-state index >= 15 is 0 Å². The first-order chi connectivity index (χ1) is 8.18. The van der Waals surface area contributed by atoms with Crippen molar-refractivity contribution in [1.29, 1.82) is 0 Å². The van der Waals surface area contributed by atoms with Gasteiger partial charge in [0, 0.05) is 19.2 Å². The van der Waals surface area contributed by atoms with Crippen molar-refractivity contribution in [2.24, 2.45) is 0 Å². The molecule has 0 radical (unpaired) electrons. The summed E-state index contributed by atoms with van der Waals surface area (Å²) in [7, 11) is 1.80. The summed E-state index contributed by atoms with van der Waals surface area (Å²) in [6.45, 7) is 15.5. The molecule has 2 aliphatic rings.